The fourth-order valence-corrected chi connectivity index (χ4v) is 3.47. The highest BCUT2D eigenvalue weighted by Gasteiger charge is 2.20. The molecule has 1 atom stereocenters. The van der Waals surface area contributed by atoms with Crippen molar-refractivity contribution < 1.29 is 0 Å². The maximum absolute atomic E-state index is 4.05. The Morgan fingerprint density at radius 1 is 1.53 bits per heavy atom. The molecule has 0 bridgehead atoms. The van der Waals surface area contributed by atoms with Crippen molar-refractivity contribution in [2.24, 2.45) is 0 Å². The predicted molar refractivity (Wildman–Crippen MR) is 70.2 cm³/mol. The lowest BCUT2D eigenvalue weighted by atomic mass is 9.94. The van der Waals surface area contributed by atoms with Gasteiger partial charge in [-0.1, -0.05) is 0 Å². The van der Waals surface area contributed by atoms with Crippen LogP contribution in [0, 0.1) is 0 Å². The molecule has 1 aliphatic carbocycles. The Kier molecular flexibility index (Phi) is 3.25. The molecular formula is C13H17N3S. The van der Waals surface area contributed by atoms with Crippen molar-refractivity contribution in [3.05, 3.63) is 40.6 Å². The van der Waals surface area contributed by atoms with Crippen LogP contribution >= 0.6 is 11.3 Å². The summed E-state index contributed by atoms with van der Waals surface area (Å²) in [5.74, 6) is 0. The molecule has 0 spiro atoms. The van der Waals surface area contributed by atoms with Crippen molar-refractivity contribution in [3.8, 4) is 0 Å². The number of thiophene rings is 1. The van der Waals surface area contributed by atoms with Crippen molar-refractivity contribution in [1.29, 1.82) is 0 Å². The molecule has 1 N–H and O–H groups in total. The van der Waals surface area contributed by atoms with E-state index in [0.29, 0.717) is 6.04 Å². The minimum Gasteiger partial charge on any atom is -0.336 e. The monoisotopic (exact) mass is 247 g/mol. The number of hydrogen-bond acceptors (Lipinski definition) is 3. The number of nitrogens with zero attached hydrogens (tertiary/aromatic N) is 2. The van der Waals surface area contributed by atoms with Gasteiger partial charge in [0.1, 0.15) is 0 Å². The van der Waals surface area contributed by atoms with Crippen LogP contribution in [0.2, 0.25) is 0 Å². The fourth-order valence-electron chi connectivity index (χ4n) is 2.49. The van der Waals surface area contributed by atoms with Crippen molar-refractivity contribution >= 4 is 11.3 Å². The van der Waals surface area contributed by atoms with Gasteiger partial charge in [0.2, 0.25) is 0 Å². The molecule has 0 radical (unpaired) electrons. The van der Waals surface area contributed by atoms with Crippen molar-refractivity contribution in [2.75, 3.05) is 6.54 Å². The van der Waals surface area contributed by atoms with Gasteiger partial charge in [0.05, 0.1) is 6.33 Å². The first-order chi connectivity index (χ1) is 8.43. The Balaban J connectivity index is 1.57. The molecule has 0 fully saturated rings. The first-order valence-corrected chi connectivity index (χ1v) is 7.07. The van der Waals surface area contributed by atoms with E-state index in [4.69, 9.17) is 0 Å². The average Bonchev–Trinajstić information content (AvgIpc) is 2.99. The topological polar surface area (TPSA) is 29.9 Å². The predicted octanol–water partition coefficient (Wildman–Crippen LogP) is 2.61. The maximum Gasteiger partial charge on any atom is 0.0946 e. The molecule has 90 valence electrons. The number of aromatic nitrogens is 2. The Morgan fingerprint density at radius 2 is 2.53 bits per heavy atom. The van der Waals surface area contributed by atoms with Crippen molar-refractivity contribution in [3.63, 3.8) is 0 Å². The van der Waals surface area contributed by atoms with Gasteiger partial charge in [-0.3, -0.25) is 0 Å². The summed E-state index contributed by atoms with van der Waals surface area (Å²) in [5.41, 5.74) is 1.53. The van der Waals surface area contributed by atoms with Crippen LogP contribution in [0.5, 0.6) is 0 Å². The van der Waals surface area contributed by atoms with E-state index in [2.05, 4.69) is 26.3 Å². The van der Waals surface area contributed by atoms with Gasteiger partial charge < -0.3 is 9.88 Å². The molecule has 3 nitrogen and oxygen atoms in total. The molecule has 0 saturated carbocycles. The Hall–Kier alpha value is -1.13. The third-order valence-corrected chi connectivity index (χ3v) is 4.37. The van der Waals surface area contributed by atoms with E-state index in [-0.39, 0.29) is 0 Å². The maximum atomic E-state index is 4.05. The standard InChI is InChI=1S/C13H17N3S/c1-2-12(11-4-9-17-13(11)3-1)15-6-8-16-7-5-14-10-16/h4-5,7,9-10,12,15H,1-3,6,8H2. The lowest BCUT2D eigenvalue weighted by Crippen LogP contribution is -2.27. The molecule has 1 aliphatic rings. The van der Waals surface area contributed by atoms with Gasteiger partial charge in [0.25, 0.3) is 0 Å². The molecule has 3 rings (SSSR count). The highest BCUT2D eigenvalue weighted by molar-refractivity contribution is 7.10. The molecule has 0 aromatic carbocycles. The first kappa shape index (κ1) is 11.0. The molecule has 0 amide bonds. The van der Waals surface area contributed by atoms with Crippen LogP contribution in [-0.2, 0) is 13.0 Å². The minimum absolute atomic E-state index is 0.563. The summed E-state index contributed by atoms with van der Waals surface area (Å²) >= 11 is 1.91. The first-order valence-electron chi connectivity index (χ1n) is 6.19. The van der Waals surface area contributed by atoms with Gasteiger partial charge in [0, 0.05) is 36.4 Å². The van der Waals surface area contributed by atoms with Crippen LogP contribution in [-0.4, -0.2) is 16.1 Å². The number of rotatable bonds is 4. The minimum atomic E-state index is 0.563. The Labute approximate surface area is 106 Å². The van der Waals surface area contributed by atoms with Crippen LogP contribution in [0.25, 0.3) is 0 Å². The zero-order chi connectivity index (χ0) is 11.5. The molecule has 1 unspecified atom stereocenters. The smallest absolute Gasteiger partial charge is 0.0946 e. The molecule has 17 heavy (non-hydrogen) atoms. The normalized spacial score (nSPS) is 19.2. The van der Waals surface area contributed by atoms with Gasteiger partial charge in [-0.2, -0.15) is 0 Å². The molecular weight excluding hydrogens is 230 g/mol. The summed E-state index contributed by atoms with van der Waals surface area (Å²) in [7, 11) is 0. The Morgan fingerprint density at radius 3 is 3.41 bits per heavy atom. The van der Waals surface area contributed by atoms with Crippen LogP contribution in [0.3, 0.4) is 0 Å². The molecule has 0 saturated heterocycles. The van der Waals surface area contributed by atoms with E-state index in [1.165, 1.54) is 24.8 Å². The highest BCUT2D eigenvalue weighted by atomic mass is 32.1. The molecule has 2 aromatic rings. The number of hydrogen-bond donors (Lipinski definition) is 1. The van der Waals surface area contributed by atoms with E-state index >= 15 is 0 Å². The number of aryl methyl sites for hydroxylation is 1. The second-order valence-electron chi connectivity index (χ2n) is 4.50. The third kappa shape index (κ3) is 2.42. The van der Waals surface area contributed by atoms with E-state index in [1.807, 2.05) is 30.1 Å². The highest BCUT2D eigenvalue weighted by Crippen LogP contribution is 2.32. The summed E-state index contributed by atoms with van der Waals surface area (Å²) in [6.07, 6.45) is 9.57. The Bertz CT molecular complexity index is 461. The zero-order valence-corrected chi connectivity index (χ0v) is 10.6. The lowest BCUT2D eigenvalue weighted by molar-refractivity contribution is 0.449. The van der Waals surface area contributed by atoms with Gasteiger partial charge >= 0.3 is 0 Å². The van der Waals surface area contributed by atoms with Gasteiger partial charge in [-0.25, -0.2) is 4.98 Å². The van der Waals surface area contributed by atoms with Crippen LogP contribution < -0.4 is 5.32 Å². The summed E-state index contributed by atoms with van der Waals surface area (Å²) in [6.45, 7) is 2.01. The van der Waals surface area contributed by atoms with Crippen molar-refractivity contribution in [1.82, 2.24) is 14.9 Å². The second kappa shape index (κ2) is 5.02. The average molecular weight is 247 g/mol. The summed E-state index contributed by atoms with van der Waals surface area (Å²) in [4.78, 5) is 5.63. The third-order valence-electron chi connectivity index (χ3n) is 3.37. The molecule has 2 aromatic heterocycles. The van der Waals surface area contributed by atoms with E-state index < -0.39 is 0 Å². The second-order valence-corrected chi connectivity index (χ2v) is 5.50. The zero-order valence-electron chi connectivity index (χ0n) is 9.80. The largest absolute Gasteiger partial charge is 0.336 e. The van der Waals surface area contributed by atoms with Gasteiger partial charge in [0.15, 0.2) is 0 Å². The number of imidazole rings is 1. The lowest BCUT2D eigenvalue weighted by Gasteiger charge is -2.23. The molecule has 2 heterocycles. The molecule has 4 heteroatoms. The quantitative estimate of drug-likeness (QED) is 0.900. The summed E-state index contributed by atoms with van der Waals surface area (Å²) < 4.78 is 2.12. The van der Waals surface area contributed by atoms with Gasteiger partial charge in [-0.05, 0) is 36.3 Å². The fraction of sp³-hybridized carbons (Fsp3) is 0.462. The van der Waals surface area contributed by atoms with E-state index in [9.17, 15) is 0 Å². The SMILES string of the molecule is c1cn(CCNC2CCCc3sccc32)cn1. The van der Waals surface area contributed by atoms with Crippen LogP contribution in [0.1, 0.15) is 29.3 Å². The van der Waals surface area contributed by atoms with E-state index in [0.717, 1.165) is 13.1 Å². The molecule has 0 aliphatic heterocycles. The van der Waals surface area contributed by atoms with Crippen LogP contribution in [0.15, 0.2) is 30.2 Å². The summed E-state index contributed by atoms with van der Waals surface area (Å²) in [6, 6.07) is 2.85. The number of nitrogens with one attached hydrogen (secondary N) is 1. The summed E-state index contributed by atoms with van der Waals surface area (Å²) in [5, 5.41) is 5.88. The van der Waals surface area contributed by atoms with Crippen molar-refractivity contribution in [2.45, 2.75) is 31.8 Å². The van der Waals surface area contributed by atoms with Gasteiger partial charge in [-0.15, -0.1) is 11.3 Å². The number of fused-ring (bicyclic) bond motifs is 1. The van der Waals surface area contributed by atoms with E-state index in [1.54, 1.807) is 4.88 Å². The van der Waals surface area contributed by atoms with Crippen LogP contribution in [0.4, 0.5) is 0 Å².